The fourth-order valence-electron chi connectivity index (χ4n) is 1.66. The van der Waals surface area contributed by atoms with Gasteiger partial charge in [0.25, 0.3) is 0 Å². The quantitative estimate of drug-likeness (QED) is 0.758. The number of alkyl halides is 9. The topological polar surface area (TPSA) is 7.68 Å². The molecular weight excluding hydrogens is 319 g/mol. The van der Waals surface area contributed by atoms with Gasteiger partial charge in [-0.25, -0.2) is 0 Å². The molecule has 0 aromatic heterocycles. The van der Waals surface area contributed by atoms with Crippen molar-refractivity contribution in [1.82, 2.24) is 4.90 Å². The van der Waals surface area contributed by atoms with Gasteiger partial charge in [0, 0.05) is 13.0 Å². The van der Waals surface area contributed by atoms with E-state index in [1.807, 2.05) is 0 Å². The molecule has 2 nitrogen and oxygen atoms in total. The summed E-state index contributed by atoms with van der Waals surface area (Å²) in [5.74, 6) is -18.8. The highest BCUT2D eigenvalue weighted by atomic mass is 19.4. The molecule has 0 aromatic carbocycles. The van der Waals surface area contributed by atoms with Crippen molar-refractivity contribution >= 4 is 0 Å². The molecule has 0 aliphatic carbocycles. The fraction of sp³-hybridized carbons (Fsp3) is 0.800. The van der Waals surface area contributed by atoms with Crippen molar-refractivity contribution in [2.75, 3.05) is 20.3 Å². The third kappa shape index (κ3) is 3.22. The van der Waals surface area contributed by atoms with Gasteiger partial charge in [0.1, 0.15) is 6.20 Å². The Morgan fingerprint density at radius 2 is 1.48 bits per heavy atom. The van der Waals surface area contributed by atoms with E-state index in [4.69, 9.17) is 0 Å². The second kappa shape index (κ2) is 5.25. The predicted octanol–water partition coefficient (Wildman–Crippen LogP) is 2.10. The Balaban J connectivity index is 2.82. The Morgan fingerprint density at radius 1 is 0.952 bits per heavy atom. The first-order valence-corrected chi connectivity index (χ1v) is 5.67. The lowest BCUT2D eigenvalue weighted by Gasteiger charge is -2.34. The van der Waals surface area contributed by atoms with Gasteiger partial charge in [0.05, 0.1) is 13.2 Å². The summed E-state index contributed by atoms with van der Waals surface area (Å²) in [6.07, 6.45) is -5.84. The summed E-state index contributed by atoms with van der Waals surface area (Å²) in [4.78, 5) is 1.83. The molecule has 0 radical (unpaired) electrons. The Kier molecular flexibility index (Phi) is 4.48. The molecule has 1 atom stereocenters. The number of nitrogens with one attached hydrogen (secondary N) is 1. The van der Waals surface area contributed by atoms with Crippen LogP contribution in [0.5, 0.6) is 0 Å². The van der Waals surface area contributed by atoms with Crippen LogP contribution in [0.15, 0.2) is 12.4 Å². The lowest BCUT2D eigenvalue weighted by molar-refractivity contribution is -0.826. The van der Waals surface area contributed by atoms with Crippen molar-refractivity contribution in [3.05, 3.63) is 12.4 Å². The molecule has 0 saturated heterocycles. The van der Waals surface area contributed by atoms with Crippen LogP contribution in [0.25, 0.3) is 0 Å². The lowest BCUT2D eigenvalue weighted by atomic mass is 10.0. The maximum absolute atomic E-state index is 13.2. The van der Waals surface area contributed by atoms with Crippen LogP contribution in [-0.4, -0.2) is 49.1 Å². The number of hydrogen-bond donors (Lipinski definition) is 1. The molecule has 1 heterocycles. The molecule has 1 rings (SSSR count). The first-order chi connectivity index (χ1) is 9.22. The molecule has 21 heavy (non-hydrogen) atoms. The van der Waals surface area contributed by atoms with Crippen molar-refractivity contribution in [2.45, 2.75) is 30.4 Å². The van der Waals surface area contributed by atoms with E-state index in [2.05, 4.69) is 0 Å². The molecular formula is C10H12F9N2+. The van der Waals surface area contributed by atoms with Gasteiger partial charge in [0.2, 0.25) is 0 Å². The van der Waals surface area contributed by atoms with Crippen molar-refractivity contribution in [1.29, 1.82) is 0 Å². The van der Waals surface area contributed by atoms with Gasteiger partial charge in [-0.05, 0) is 0 Å². The largest absolute Gasteiger partial charge is 0.460 e. The third-order valence-corrected chi connectivity index (χ3v) is 2.95. The van der Waals surface area contributed by atoms with Crippen molar-refractivity contribution < 1.29 is 44.4 Å². The average Bonchev–Trinajstić information content (AvgIpc) is 2.70. The van der Waals surface area contributed by atoms with Crippen LogP contribution in [0.3, 0.4) is 0 Å². The predicted molar refractivity (Wildman–Crippen MR) is 53.1 cm³/mol. The number of halogens is 9. The maximum Gasteiger partial charge on any atom is 0.460 e. The SMILES string of the molecule is C[NH+]1C=CN(CCC(F)(F)C(F)(F)C(F)(F)C(F)(F)F)C1. The minimum absolute atomic E-state index is 0.122. The molecule has 1 aliphatic rings. The molecule has 0 spiro atoms. The van der Waals surface area contributed by atoms with Crippen LogP contribution in [0, 0.1) is 0 Å². The summed E-state index contributed by atoms with van der Waals surface area (Å²) in [5, 5.41) is 0. The monoisotopic (exact) mass is 331 g/mol. The number of rotatable bonds is 5. The third-order valence-electron chi connectivity index (χ3n) is 2.95. The highest BCUT2D eigenvalue weighted by Crippen LogP contribution is 2.53. The van der Waals surface area contributed by atoms with E-state index in [0.29, 0.717) is 4.90 Å². The average molecular weight is 331 g/mol. The van der Waals surface area contributed by atoms with E-state index in [1.54, 1.807) is 7.05 Å². The van der Waals surface area contributed by atoms with Gasteiger partial charge in [0.15, 0.2) is 6.67 Å². The smallest absolute Gasteiger partial charge is 0.326 e. The van der Waals surface area contributed by atoms with Gasteiger partial charge in [-0.2, -0.15) is 39.5 Å². The Bertz CT molecular complexity index is 402. The molecule has 124 valence electrons. The van der Waals surface area contributed by atoms with Crippen LogP contribution in [-0.2, 0) is 0 Å². The van der Waals surface area contributed by atoms with E-state index in [1.165, 1.54) is 12.4 Å². The summed E-state index contributed by atoms with van der Waals surface area (Å²) in [5.41, 5.74) is 0. The molecule has 11 heteroatoms. The minimum Gasteiger partial charge on any atom is -0.326 e. The van der Waals surface area contributed by atoms with Crippen molar-refractivity contribution in [2.24, 2.45) is 0 Å². The number of nitrogens with zero attached hydrogens (tertiary/aromatic N) is 1. The van der Waals surface area contributed by atoms with Gasteiger partial charge in [-0.3, -0.25) is 4.90 Å². The van der Waals surface area contributed by atoms with Crippen LogP contribution in [0.4, 0.5) is 39.5 Å². The first-order valence-electron chi connectivity index (χ1n) is 5.67. The van der Waals surface area contributed by atoms with E-state index in [9.17, 15) is 39.5 Å². The maximum atomic E-state index is 13.2. The van der Waals surface area contributed by atoms with E-state index >= 15 is 0 Å². The van der Waals surface area contributed by atoms with Gasteiger partial charge < -0.3 is 4.90 Å². The zero-order chi connectivity index (χ0) is 16.7. The van der Waals surface area contributed by atoms with Crippen molar-refractivity contribution in [3.8, 4) is 0 Å². The lowest BCUT2D eigenvalue weighted by Crippen LogP contribution is -3.03. The van der Waals surface area contributed by atoms with Crippen LogP contribution in [0.1, 0.15) is 6.42 Å². The number of quaternary nitrogens is 1. The molecule has 0 saturated carbocycles. The van der Waals surface area contributed by atoms with Crippen molar-refractivity contribution in [3.63, 3.8) is 0 Å². The molecule has 0 amide bonds. The summed E-state index contributed by atoms with van der Waals surface area (Å²) in [6, 6.07) is 0. The highest BCUT2D eigenvalue weighted by Gasteiger charge is 2.81. The molecule has 0 bridgehead atoms. The normalized spacial score (nSPS) is 21.2. The van der Waals surface area contributed by atoms with E-state index < -0.39 is 36.9 Å². The second-order valence-corrected chi connectivity index (χ2v) is 4.73. The Morgan fingerprint density at radius 3 is 1.86 bits per heavy atom. The molecule has 1 N–H and O–H groups in total. The van der Waals surface area contributed by atoms with Gasteiger partial charge >= 0.3 is 23.9 Å². The zero-order valence-electron chi connectivity index (χ0n) is 10.6. The summed E-state index contributed by atoms with van der Waals surface area (Å²) < 4.78 is 113. The minimum atomic E-state index is -6.81. The summed E-state index contributed by atoms with van der Waals surface area (Å²) in [6.45, 7) is -0.651. The van der Waals surface area contributed by atoms with Gasteiger partial charge in [-0.1, -0.05) is 0 Å². The number of hydrogen-bond acceptors (Lipinski definition) is 1. The zero-order valence-corrected chi connectivity index (χ0v) is 10.6. The molecule has 1 aliphatic heterocycles. The Hall–Kier alpha value is -1.13. The van der Waals surface area contributed by atoms with Crippen LogP contribution >= 0.6 is 0 Å². The van der Waals surface area contributed by atoms with Gasteiger partial charge in [-0.15, -0.1) is 0 Å². The first kappa shape index (κ1) is 17.9. The standard InChI is InChI=1S/C10H11F9N2/c1-20-4-5-21(6-20)3-2-7(11,12)8(13,14)9(15,16)10(17,18)19/h4-5H,2-3,6H2,1H3/p+1. The fourth-order valence-corrected chi connectivity index (χ4v) is 1.66. The molecule has 1 unspecified atom stereocenters. The van der Waals surface area contributed by atoms with E-state index in [-0.39, 0.29) is 6.67 Å². The summed E-state index contributed by atoms with van der Waals surface area (Å²) >= 11 is 0. The Labute approximate surface area is 113 Å². The summed E-state index contributed by atoms with van der Waals surface area (Å²) in [7, 11) is 1.61. The van der Waals surface area contributed by atoms with Crippen LogP contribution < -0.4 is 4.90 Å². The highest BCUT2D eigenvalue weighted by molar-refractivity contribution is 5.00. The second-order valence-electron chi connectivity index (χ2n) is 4.73. The van der Waals surface area contributed by atoms with E-state index in [0.717, 1.165) is 4.90 Å². The molecule has 0 aromatic rings. The molecule has 0 fully saturated rings. The van der Waals surface area contributed by atoms with Crippen LogP contribution in [0.2, 0.25) is 0 Å².